The Kier molecular flexibility index (Phi) is 71.6. The second kappa shape index (κ2) is 55.5. The van der Waals surface area contributed by atoms with E-state index in [1.54, 1.807) is 0 Å². The molecule has 0 saturated carbocycles. The quantitative estimate of drug-likeness (QED) is 0.0663. The van der Waals surface area contributed by atoms with Gasteiger partial charge in [-0.3, -0.25) is 0 Å². The smallest absolute Gasteiger partial charge is 0.0858 e. The van der Waals surface area contributed by atoms with Gasteiger partial charge in [-0.15, -0.1) is 0 Å². The van der Waals surface area contributed by atoms with Gasteiger partial charge in [-0.1, -0.05) is 98.8 Å². The maximum Gasteiger partial charge on any atom is 0.0858 e. The maximum atomic E-state index is 4.89. The summed E-state index contributed by atoms with van der Waals surface area (Å²) in [5.74, 6) is 0. The van der Waals surface area contributed by atoms with Crippen LogP contribution in [-0.2, 0) is 105 Å². The number of hydrogen-bond acceptors (Lipinski definition) is 15. The van der Waals surface area contributed by atoms with Gasteiger partial charge >= 0.3 is 0 Å². The molecule has 0 bridgehead atoms. The van der Waals surface area contributed by atoms with Gasteiger partial charge in [0.05, 0.1) is 33.0 Å². The first-order valence-corrected chi connectivity index (χ1v) is 19.6. The fourth-order valence-corrected chi connectivity index (χ4v) is 3.37. The van der Waals surface area contributed by atoms with E-state index in [-0.39, 0.29) is 40.5 Å². The first-order chi connectivity index (χ1) is 21.4. The summed E-state index contributed by atoms with van der Waals surface area (Å²) in [4.78, 5) is 0. The third kappa shape index (κ3) is 90.7. The van der Waals surface area contributed by atoms with E-state index >= 15 is 0 Å². The summed E-state index contributed by atoms with van der Waals surface area (Å²) in [5, 5.41) is 0. The van der Waals surface area contributed by atoms with Crippen LogP contribution in [0.25, 0.3) is 0 Å². The minimum absolute atomic E-state index is 0. The third-order valence-electron chi connectivity index (χ3n) is 4.84. The molecule has 16 heteroatoms. The zero-order chi connectivity index (χ0) is 35.6. The number of unbranched alkanes of at least 4 members (excludes halogenated alkanes) is 10. The average Bonchev–Trinajstić information content (AvgIpc) is 2.97. The number of hydrogen-bond donors (Lipinski definition) is 0. The Labute approximate surface area is 348 Å². The predicted octanol–water partition coefficient (Wildman–Crippen LogP) is 10.1. The topological polar surface area (TPSA) is 46.2 Å². The van der Waals surface area contributed by atoms with Crippen molar-refractivity contribution in [1.29, 1.82) is 0 Å². The molecule has 0 rings (SSSR count). The Morgan fingerprint density at radius 3 is 0.543 bits per heavy atom. The molecule has 0 unspecified atom stereocenters. The summed E-state index contributed by atoms with van der Waals surface area (Å²) < 4.78 is 25.7. The molecule has 0 N–H and O–H groups in total. The van der Waals surface area contributed by atoms with Crippen molar-refractivity contribution >= 4 is 146 Å². The van der Waals surface area contributed by atoms with Crippen LogP contribution in [0.15, 0.2) is 0 Å². The summed E-state index contributed by atoms with van der Waals surface area (Å²) in [6.07, 6.45) is 17.3. The van der Waals surface area contributed by atoms with E-state index in [1.807, 2.05) is 0 Å². The molecule has 5 nitrogen and oxygen atoms in total. The molecule has 275 valence electrons. The normalized spacial score (nSPS) is 8.80. The minimum Gasteiger partial charge on any atom is -0.514 e. The molecule has 0 saturated heterocycles. The van der Waals surface area contributed by atoms with Gasteiger partial charge in [-0.2, -0.15) is 0 Å². The van der Waals surface area contributed by atoms with Crippen molar-refractivity contribution in [3.63, 3.8) is 0 Å². The Hall–Kier alpha value is 1.13. The van der Waals surface area contributed by atoms with Crippen molar-refractivity contribution in [1.82, 2.24) is 0 Å². The van der Waals surface area contributed by atoms with Crippen molar-refractivity contribution in [2.24, 2.45) is 0 Å². The monoisotopic (exact) mass is 866 g/mol. The van der Waals surface area contributed by atoms with E-state index in [0.717, 1.165) is 32.1 Å². The van der Waals surface area contributed by atoms with Crippen LogP contribution in [0.4, 0.5) is 0 Å². The second-order valence-electron chi connectivity index (χ2n) is 9.03. The fraction of sp³-hybridized carbons (Fsp3) is 0.833. The Morgan fingerprint density at radius 1 is 0.326 bits per heavy atom. The van der Waals surface area contributed by atoms with E-state index < -0.39 is 0 Å². The second-order valence-corrected chi connectivity index (χ2v) is 14.0. The van der Waals surface area contributed by atoms with Crippen LogP contribution in [0.3, 0.4) is 0 Å². The maximum absolute atomic E-state index is 4.89. The fourth-order valence-electron chi connectivity index (χ4n) is 2.54. The number of rotatable bonds is 20. The number of thiocarbonyl (C=S) groups is 5. The Morgan fingerprint density at radius 2 is 0.457 bits per heavy atom. The molecule has 0 aliphatic heterocycles. The molecule has 46 heavy (non-hydrogen) atoms. The Balaban J connectivity index is -0.000000108. The van der Waals surface area contributed by atoms with Crippen molar-refractivity contribution in [2.45, 2.75) is 131 Å². The number of ether oxygens (including phenoxy) is 5. The standard InChI is InChI=1S/5C6H12OS2.V/c5*1-2-3-4-5-7-6(8)9;/h5*2-5H2,1H3,(H,8,9);/p-5. The molecule has 0 aliphatic carbocycles. The largest absolute Gasteiger partial charge is 0.514 e. The van der Waals surface area contributed by atoms with Gasteiger partial charge < -0.3 is 148 Å². The Bertz CT molecular complexity index is 550. The molecule has 0 aromatic rings. The van der Waals surface area contributed by atoms with Gasteiger partial charge in [0.25, 0.3) is 0 Å². The van der Waals surface area contributed by atoms with E-state index in [9.17, 15) is 0 Å². The van der Waals surface area contributed by atoms with Gasteiger partial charge in [-0.25, -0.2) is 0 Å². The van der Waals surface area contributed by atoms with E-state index in [1.165, 1.54) is 64.2 Å². The van der Waals surface area contributed by atoms with Crippen molar-refractivity contribution < 1.29 is 42.2 Å². The summed E-state index contributed by atoms with van der Waals surface area (Å²) in [6.45, 7) is 14.2. The molecule has 0 heterocycles. The van der Waals surface area contributed by atoms with Crippen LogP contribution < -0.4 is 0 Å². The zero-order valence-corrected chi connectivity index (χ0v) is 37.8. The first-order valence-electron chi connectivity index (χ1n) is 15.5. The SMILES string of the molecule is CCCCCOC(=S)[S-].CCCCCOC(=S)[S-].CCCCCOC(=S)[S-].CCCCCOC(=S)[S-].CCCCCOC(=S)[S-].[V]. The van der Waals surface area contributed by atoms with E-state index in [4.69, 9.17) is 23.7 Å². The zero-order valence-electron chi connectivity index (χ0n) is 28.2. The molecule has 0 atom stereocenters. The molecule has 0 aliphatic rings. The molecule has 0 aromatic carbocycles. The van der Waals surface area contributed by atoms with Gasteiger partial charge in [0.15, 0.2) is 0 Å². The van der Waals surface area contributed by atoms with E-state index in [2.05, 4.69) is 159 Å². The molecule has 1 radical (unpaired) electrons. The summed E-state index contributed by atoms with van der Waals surface area (Å²) in [7, 11) is 0. The first kappa shape index (κ1) is 59.3. The molecule has 0 amide bonds. The summed E-state index contributed by atoms with van der Waals surface area (Å²) in [6, 6.07) is 0. The molecule has 0 aromatic heterocycles. The van der Waals surface area contributed by atoms with Crippen LogP contribution >= 0.6 is 61.1 Å². The third-order valence-corrected chi connectivity index (χ3v) is 6.02. The molecule has 0 spiro atoms. The molecule has 0 fully saturated rings. The van der Waals surface area contributed by atoms with Crippen molar-refractivity contribution in [3.05, 3.63) is 0 Å². The minimum atomic E-state index is 0. The van der Waals surface area contributed by atoms with Crippen molar-refractivity contribution in [2.75, 3.05) is 33.0 Å². The van der Waals surface area contributed by atoms with Crippen LogP contribution in [0.5, 0.6) is 0 Å². The van der Waals surface area contributed by atoms with Gasteiger partial charge in [0.1, 0.15) is 0 Å². The van der Waals surface area contributed by atoms with E-state index in [0.29, 0.717) is 33.0 Å². The van der Waals surface area contributed by atoms with Crippen LogP contribution in [0, 0.1) is 0 Å². The molecular weight excluding hydrogens is 812 g/mol. The van der Waals surface area contributed by atoms with Gasteiger partial charge in [0, 0.05) is 40.5 Å². The van der Waals surface area contributed by atoms with Crippen LogP contribution in [0.1, 0.15) is 131 Å². The van der Waals surface area contributed by atoms with Gasteiger partial charge in [0.2, 0.25) is 0 Å². The van der Waals surface area contributed by atoms with Crippen molar-refractivity contribution in [3.8, 4) is 0 Å². The van der Waals surface area contributed by atoms with Crippen LogP contribution in [0.2, 0.25) is 0 Å². The summed E-state index contributed by atoms with van der Waals surface area (Å²) >= 11 is 45.4. The van der Waals surface area contributed by atoms with Gasteiger partial charge in [-0.05, 0) is 32.1 Å². The molecular formula is C30H55O5S10V-5. The predicted molar refractivity (Wildman–Crippen MR) is 227 cm³/mol. The van der Waals surface area contributed by atoms with Crippen LogP contribution in [-0.4, -0.2) is 54.9 Å². The average molecular weight is 867 g/mol. The summed E-state index contributed by atoms with van der Waals surface area (Å²) in [5.41, 5.74) is 0.